The molecule has 7 heteroatoms. The predicted octanol–water partition coefficient (Wildman–Crippen LogP) is 4.69. The lowest BCUT2D eigenvalue weighted by molar-refractivity contribution is 0.363. The van der Waals surface area contributed by atoms with Crippen molar-refractivity contribution in [3.05, 3.63) is 30.3 Å². The van der Waals surface area contributed by atoms with E-state index < -0.39 is 20.9 Å². The molecule has 86 valence electrons. The molecule has 0 aromatic heterocycles. The van der Waals surface area contributed by atoms with Crippen molar-refractivity contribution >= 4 is 16.3 Å². The molecule has 1 aromatic rings. The number of hydrogen-bond acceptors (Lipinski definition) is 1. The molecule has 0 saturated heterocycles. The highest BCUT2D eigenvalue weighted by atomic mass is 32.5. The summed E-state index contributed by atoms with van der Waals surface area (Å²) in [5, 5.41) is 9.00. The van der Waals surface area contributed by atoms with Gasteiger partial charge < -0.3 is 5.11 Å². The fourth-order valence-corrected chi connectivity index (χ4v) is 1.61. The molecule has 0 unspecified atom stereocenters. The molecule has 1 N–H and O–H groups in total. The number of aromatic hydroxyl groups is 1. The van der Waals surface area contributed by atoms with Crippen LogP contribution in [-0.4, -0.2) is 5.11 Å². The molecular weight excluding hydrogens is 239 g/mol. The second kappa shape index (κ2) is 2.46. The van der Waals surface area contributed by atoms with Gasteiger partial charge in [0.2, 0.25) is 0 Å². The van der Waals surface area contributed by atoms with Gasteiger partial charge in [-0.15, -0.1) is 0 Å². The van der Waals surface area contributed by atoms with Crippen LogP contribution in [0.4, 0.5) is 19.4 Å². The van der Waals surface area contributed by atoms with Crippen LogP contribution in [0.15, 0.2) is 29.7 Å². The van der Waals surface area contributed by atoms with Gasteiger partial charge >= 0.3 is 10.2 Å². The second-order valence-electron chi connectivity index (χ2n) is 2.89. The standard InChI is InChI=1S/C8H7F5OS/c1-2-6-5-7(3-4-8(6)14)15(9,10,11,12)13/h2-5,14H,1H2. The topological polar surface area (TPSA) is 20.2 Å². The van der Waals surface area contributed by atoms with Crippen LogP contribution in [-0.2, 0) is 0 Å². The molecule has 0 saturated carbocycles. The minimum atomic E-state index is -9.66. The van der Waals surface area contributed by atoms with E-state index in [1.165, 1.54) is 0 Å². The highest BCUT2D eigenvalue weighted by molar-refractivity contribution is 8.45. The first kappa shape index (κ1) is 11.8. The maximum atomic E-state index is 12.3. The zero-order valence-corrected chi connectivity index (χ0v) is 8.08. The summed E-state index contributed by atoms with van der Waals surface area (Å²) in [5.41, 5.74) is -0.388. The van der Waals surface area contributed by atoms with Crippen LogP contribution < -0.4 is 0 Å². The van der Waals surface area contributed by atoms with Gasteiger partial charge in [-0.05, 0) is 18.2 Å². The number of hydrogen-bond donors (Lipinski definition) is 1. The van der Waals surface area contributed by atoms with Gasteiger partial charge in [-0.1, -0.05) is 32.1 Å². The van der Waals surface area contributed by atoms with Crippen LogP contribution in [0, 0.1) is 0 Å². The summed E-state index contributed by atoms with van der Waals surface area (Å²) in [4.78, 5) is -2.04. The highest BCUT2D eigenvalue weighted by Gasteiger charge is 2.65. The first-order chi connectivity index (χ1) is 6.44. The number of benzene rings is 1. The average molecular weight is 246 g/mol. The molecule has 0 fully saturated rings. The third-order valence-electron chi connectivity index (χ3n) is 1.66. The van der Waals surface area contributed by atoms with E-state index in [1.54, 1.807) is 0 Å². The third-order valence-corrected chi connectivity index (χ3v) is 2.81. The Kier molecular flexibility index (Phi) is 1.94. The van der Waals surface area contributed by atoms with Crippen LogP contribution in [0.2, 0.25) is 0 Å². The van der Waals surface area contributed by atoms with Gasteiger partial charge in [0.15, 0.2) is 0 Å². The maximum Gasteiger partial charge on any atom is 0.310 e. The minimum Gasteiger partial charge on any atom is -0.507 e. The van der Waals surface area contributed by atoms with Crippen LogP contribution in [0.25, 0.3) is 6.08 Å². The lowest BCUT2D eigenvalue weighted by Gasteiger charge is -2.40. The van der Waals surface area contributed by atoms with E-state index >= 15 is 0 Å². The molecule has 0 aliphatic carbocycles. The highest BCUT2D eigenvalue weighted by Crippen LogP contribution is 3.02. The number of rotatable bonds is 2. The predicted molar refractivity (Wildman–Crippen MR) is 49.6 cm³/mol. The molecule has 15 heavy (non-hydrogen) atoms. The van der Waals surface area contributed by atoms with Gasteiger partial charge in [0.05, 0.1) is 0 Å². The zero-order valence-electron chi connectivity index (χ0n) is 7.26. The summed E-state index contributed by atoms with van der Waals surface area (Å²) < 4.78 is 61.4. The van der Waals surface area contributed by atoms with Crippen LogP contribution in [0.3, 0.4) is 0 Å². The Morgan fingerprint density at radius 2 is 1.67 bits per heavy atom. The SMILES string of the molecule is C=Cc1cc(S(F)(F)(F)(F)F)ccc1O. The maximum absolute atomic E-state index is 12.3. The van der Waals surface area contributed by atoms with Crippen molar-refractivity contribution < 1.29 is 24.5 Å². The van der Waals surface area contributed by atoms with E-state index in [9.17, 15) is 19.4 Å². The van der Waals surface area contributed by atoms with Crippen molar-refractivity contribution in [3.63, 3.8) is 0 Å². The molecule has 0 aliphatic heterocycles. The first-order valence-electron chi connectivity index (χ1n) is 3.63. The number of halogens is 5. The van der Waals surface area contributed by atoms with Gasteiger partial charge in [0.1, 0.15) is 10.6 Å². The van der Waals surface area contributed by atoms with Gasteiger partial charge in [-0.3, -0.25) is 0 Å². The Hall–Kier alpha value is -1.24. The zero-order chi connectivity index (χ0) is 12.0. The molecule has 0 atom stereocenters. The molecule has 1 nitrogen and oxygen atoms in total. The lowest BCUT2D eigenvalue weighted by atomic mass is 10.2. The molecule has 0 heterocycles. The molecule has 1 aromatic carbocycles. The van der Waals surface area contributed by atoms with Crippen LogP contribution in [0.5, 0.6) is 5.75 Å². The molecule has 1 rings (SSSR count). The van der Waals surface area contributed by atoms with Gasteiger partial charge in [-0.25, -0.2) is 0 Å². The van der Waals surface area contributed by atoms with Crippen molar-refractivity contribution in [2.75, 3.05) is 0 Å². The van der Waals surface area contributed by atoms with E-state index in [0.717, 1.165) is 6.08 Å². The van der Waals surface area contributed by atoms with E-state index in [2.05, 4.69) is 6.58 Å². The Balaban J connectivity index is 3.50. The monoisotopic (exact) mass is 246 g/mol. The lowest BCUT2D eigenvalue weighted by Crippen LogP contribution is -2.05. The molecule has 0 aliphatic rings. The Labute approximate surface area is 82.6 Å². The van der Waals surface area contributed by atoms with E-state index in [4.69, 9.17) is 5.11 Å². The summed E-state index contributed by atoms with van der Waals surface area (Å²) in [6.45, 7) is 3.10. The number of phenolic OH excluding ortho intramolecular Hbond substituents is 1. The molecule has 0 spiro atoms. The van der Waals surface area contributed by atoms with E-state index in [-0.39, 0.29) is 17.7 Å². The summed E-state index contributed by atoms with van der Waals surface area (Å²) in [6, 6.07) is 0.873. The van der Waals surface area contributed by atoms with Crippen molar-refractivity contribution in [1.29, 1.82) is 0 Å². The summed E-state index contributed by atoms with van der Waals surface area (Å²) >= 11 is 0. The number of phenols is 1. The summed E-state index contributed by atoms with van der Waals surface area (Å²) in [5.74, 6) is -0.532. The van der Waals surface area contributed by atoms with Crippen molar-refractivity contribution in [2.24, 2.45) is 0 Å². The normalized spacial score (nSPS) is 16.6. The van der Waals surface area contributed by atoms with E-state index in [1.807, 2.05) is 0 Å². The minimum absolute atomic E-state index is 0.143. The molecule has 0 amide bonds. The second-order valence-corrected chi connectivity index (χ2v) is 5.30. The molecule has 0 bridgehead atoms. The Morgan fingerprint density at radius 3 is 2.07 bits per heavy atom. The molecule has 0 radical (unpaired) electrons. The fraction of sp³-hybridized carbons (Fsp3) is 0. The van der Waals surface area contributed by atoms with Crippen LogP contribution >= 0.6 is 10.2 Å². The summed E-state index contributed by atoms with van der Waals surface area (Å²) in [7, 11) is -9.66. The summed E-state index contributed by atoms with van der Waals surface area (Å²) in [6.07, 6.45) is 0.863. The van der Waals surface area contributed by atoms with Gasteiger partial charge in [0, 0.05) is 5.56 Å². The van der Waals surface area contributed by atoms with Gasteiger partial charge in [-0.2, -0.15) is 0 Å². The fourth-order valence-electron chi connectivity index (χ4n) is 0.936. The quantitative estimate of drug-likeness (QED) is 0.750. The smallest absolute Gasteiger partial charge is 0.310 e. The van der Waals surface area contributed by atoms with Crippen molar-refractivity contribution in [1.82, 2.24) is 0 Å². The van der Waals surface area contributed by atoms with Crippen molar-refractivity contribution in [2.45, 2.75) is 4.90 Å². The Bertz CT molecular complexity index is 422. The van der Waals surface area contributed by atoms with E-state index in [0.29, 0.717) is 6.07 Å². The Morgan fingerprint density at radius 1 is 1.13 bits per heavy atom. The first-order valence-corrected chi connectivity index (χ1v) is 5.59. The molecular formula is C8H7F5OS. The van der Waals surface area contributed by atoms with Crippen LogP contribution in [0.1, 0.15) is 5.56 Å². The van der Waals surface area contributed by atoms with Crippen molar-refractivity contribution in [3.8, 4) is 5.75 Å². The third kappa shape index (κ3) is 2.62. The van der Waals surface area contributed by atoms with Gasteiger partial charge in [0.25, 0.3) is 0 Å². The largest absolute Gasteiger partial charge is 0.507 e. The average Bonchev–Trinajstić information content (AvgIpc) is 2.00.